The van der Waals surface area contributed by atoms with Crippen molar-refractivity contribution >= 4 is 11.9 Å². The first-order valence-corrected chi connectivity index (χ1v) is 11.0. The predicted molar refractivity (Wildman–Crippen MR) is 105 cm³/mol. The Balaban J connectivity index is 1.83. The second kappa shape index (κ2) is 5.87. The first-order chi connectivity index (χ1) is 13.8. The van der Waals surface area contributed by atoms with E-state index in [1.165, 1.54) is 0 Å². The van der Waals surface area contributed by atoms with E-state index in [4.69, 9.17) is 18.9 Å². The van der Waals surface area contributed by atoms with Crippen LogP contribution in [0.4, 0.5) is 4.79 Å². The predicted octanol–water partition coefficient (Wildman–Crippen LogP) is 3.28. The van der Waals surface area contributed by atoms with Crippen LogP contribution in [0.25, 0.3) is 0 Å². The fraction of sp³-hybridized carbons (Fsp3) is 0.826. The van der Waals surface area contributed by atoms with Crippen molar-refractivity contribution in [3.8, 4) is 0 Å². The molecule has 3 aliphatic carbocycles. The molecule has 0 aromatic rings. The van der Waals surface area contributed by atoms with Crippen molar-refractivity contribution in [2.75, 3.05) is 0 Å². The number of fused-ring (bicyclic) bond motifs is 6. The molecule has 0 radical (unpaired) electrons. The summed E-state index contributed by atoms with van der Waals surface area (Å²) in [7, 11) is 0. The Morgan fingerprint density at radius 3 is 2.43 bits per heavy atom. The number of aliphatic hydroxyl groups is 1. The van der Waals surface area contributed by atoms with Crippen molar-refractivity contribution in [3.63, 3.8) is 0 Å². The number of ether oxygens (including phenoxy) is 4. The van der Waals surface area contributed by atoms with Gasteiger partial charge in [0.25, 0.3) is 0 Å². The van der Waals surface area contributed by atoms with Crippen LogP contribution in [-0.2, 0) is 23.7 Å². The van der Waals surface area contributed by atoms with E-state index < -0.39 is 58.7 Å². The van der Waals surface area contributed by atoms with Crippen LogP contribution in [0, 0.1) is 16.7 Å². The molecule has 4 fully saturated rings. The molecule has 1 N–H and O–H groups in total. The lowest BCUT2D eigenvalue weighted by atomic mass is 9.48. The molecule has 0 aromatic heterocycles. The highest BCUT2D eigenvalue weighted by molar-refractivity contribution is 5.84. The third kappa shape index (κ3) is 2.32. The zero-order valence-corrected chi connectivity index (χ0v) is 18.6. The Labute approximate surface area is 177 Å². The van der Waals surface area contributed by atoms with Crippen LogP contribution in [0.15, 0.2) is 11.1 Å². The van der Waals surface area contributed by atoms with Gasteiger partial charge in [-0.25, -0.2) is 4.79 Å². The molecule has 7 heteroatoms. The number of ketones is 1. The lowest BCUT2D eigenvalue weighted by Gasteiger charge is -2.59. The van der Waals surface area contributed by atoms with Crippen LogP contribution in [0.3, 0.4) is 0 Å². The van der Waals surface area contributed by atoms with E-state index >= 15 is 0 Å². The summed E-state index contributed by atoms with van der Waals surface area (Å²) in [5, 5.41) is 11.1. The molecule has 0 aromatic carbocycles. The third-order valence-corrected chi connectivity index (χ3v) is 8.63. The Kier molecular flexibility index (Phi) is 4.00. The molecule has 7 atom stereocenters. The number of carbonyl (C=O) groups excluding carboxylic acids is 2. The standard InChI is InChI=1S/C23H32O7/c1-11-13(25)10-23-17(27-19(26)30-23)15-12(24)8-7-9-22(15,6)18-16(14(11)20(23,2)3)28-21(4,5)29-18/h13,15-18,25H,7-10H2,1-6H3/t13-,15-,16+,17-,18-,22+,23+/m0/s1. The summed E-state index contributed by atoms with van der Waals surface area (Å²) < 4.78 is 24.7. The topological polar surface area (TPSA) is 91.3 Å². The van der Waals surface area contributed by atoms with Crippen molar-refractivity contribution < 1.29 is 33.6 Å². The second-order valence-electron chi connectivity index (χ2n) is 11.0. The average molecular weight is 421 g/mol. The largest absolute Gasteiger partial charge is 0.509 e. The lowest BCUT2D eigenvalue weighted by Crippen LogP contribution is -2.68. The van der Waals surface area contributed by atoms with Crippen molar-refractivity contribution in [2.24, 2.45) is 16.7 Å². The highest BCUT2D eigenvalue weighted by Gasteiger charge is 2.74. The third-order valence-electron chi connectivity index (χ3n) is 8.63. The molecular formula is C23H32O7. The number of Topliss-reactive ketones (excluding diaryl/α,β-unsaturated/α-hetero) is 1. The van der Waals surface area contributed by atoms with Gasteiger partial charge in [-0.15, -0.1) is 0 Å². The molecule has 2 bridgehead atoms. The van der Waals surface area contributed by atoms with Crippen molar-refractivity contribution in [1.82, 2.24) is 0 Å². The van der Waals surface area contributed by atoms with Gasteiger partial charge >= 0.3 is 6.16 Å². The van der Waals surface area contributed by atoms with Crippen molar-refractivity contribution in [1.29, 1.82) is 0 Å². The molecule has 2 heterocycles. The molecule has 30 heavy (non-hydrogen) atoms. The lowest BCUT2D eigenvalue weighted by molar-refractivity contribution is -0.184. The maximum atomic E-state index is 13.4. The molecular weight excluding hydrogens is 388 g/mol. The monoisotopic (exact) mass is 420 g/mol. The van der Waals surface area contributed by atoms with Gasteiger partial charge < -0.3 is 24.1 Å². The summed E-state index contributed by atoms with van der Waals surface area (Å²) in [6.45, 7) is 11.8. The highest BCUT2D eigenvalue weighted by atomic mass is 16.8. The number of rotatable bonds is 0. The van der Waals surface area contributed by atoms with E-state index in [1.54, 1.807) is 0 Å². The minimum absolute atomic E-state index is 0.0681. The van der Waals surface area contributed by atoms with Gasteiger partial charge in [0.05, 0.1) is 18.1 Å². The first-order valence-electron chi connectivity index (χ1n) is 11.0. The summed E-state index contributed by atoms with van der Waals surface area (Å²) in [6, 6.07) is 0. The first kappa shape index (κ1) is 20.5. The number of hydrogen-bond acceptors (Lipinski definition) is 7. The highest BCUT2D eigenvalue weighted by Crippen LogP contribution is 2.65. The van der Waals surface area contributed by atoms with Gasteiger partial charge in [-0.2, -0.15) is 0 Å². The molecule has 2 aliphatic heterocycles. The van der Waals surface area contributed by atoms with Gasteiger partial charge in [0.2, 0.25) is 0 Å². The van der Waals surface area contributed by atoms with Crippen LogP contribution >= 0.6 is 0 Å². The van der Waals surface area contributed by atoms with Crippen LogP contribution in [-0.4, -0.2) is 52.8 Å². The molecule has 2 saturated carbocycles. The molecule has 5 aliphatic rings. The smallest absolute Gasteiger partial charge is 0.426 e. The van der Waals surface area contributed by atoms with E-state index in [1.807, 2.05) is 34.6 Å². The minimum Gasteiger partial charge on any atom is -0.426 e. The summed E-state index contributed by atoms with van der Waals surface area (Å²) in [6.07, 6.45) is -1.03. The molecule has 1 spiro atoms. The van der Waals surface area contributed by atoms with Crippen LogP contribution < -0.4 is 0 Å². The van der Waals surface area contributed by atoms with Gasteiger partial charge in [0, 0.05) is 23.7 Å². The summed E-state index contributed by atoms with van der Waals surface area (Å²) in [4.78, 5) is 25.9. The minimum atomic E-state index is -1.14. The van der Waals surface area contributed by atoms with Gasteiger partial charge in [-0.05, 0) is 44.8 Å². The van der Waals surface area contributed by atoms with E-state index in [-0.39, 0.29) is 12.2 Å². The van der Waals surface area contributed by atoms with Crippen molar-refractivity contribution in [3.05, 3.63) is 11.1 Å². The van der Waals surface area contributed by atoms with E-state index in [9.17, 15) is 14.7 Å². The van der Waals surface area contributed by atoms with E-state index in [0.29, 0.717) is 6.42 Å². The SMILES string of the molecule is CC1=C2[C@H]3OC(C)(C)O[C@@H]3[C@]3(C)CCCC(=O)[C@H]3[C@@H]3OC(=O)O[C@@]3(C[C@@H]1O)C2(C)C. The van der Waals surface area contributed by atoms with Crippen LogP contribution in [0.1, 0.15) is 67.2 Å². The Hall–Kier alpha value is -1.44. The Bertz CT molecular complexity index is 858. The molecule has 7 nitrogen and oxygen atoms in total. The second-order valence-corrected chi connectivity index (χ2v) is 11.0. The van der Waals surface area contributed by atoms with Gasteiger partial charge in [-0.3, -0.25) is 4.79 Å². The molecule has 0 unspecified atom stereocenters. The fourth-order valence-electron chi connectivity index (χ4n) is 7.19. The summed E-state index contributed by atoms with van der Waals surface area (Å²) in [5.41, 5.74) is -0.704. The van der Waals surface area contributed by atoms with Gasteiger partial charge in [0.1, 0.15) is 11.9 Å². The average Bonchev–Trinajstić information content (AvgIpc) is 3.10. The Morgan fingerprint density at radius 2 is 1.73 bits per heavy atom. The molecule has 166 valence electrons. The maximum absolute atomic E-state index is 13.4. The van der Waals surface area contributed by atoms with Crippen LogP contribution in [0.5, 0.6) is 0 Å². The van der Waals surface area contributed by atoms with Gasteiger partial charge in [-0.1, -0.05) is 20.8 Å². The zero-order chi connectivity index (χ0) is 21.9. The fourth-order valence-corrected chi connectivity index (χ4v) is 7.19. The molecule has 0 amide bonds. The number of hydrogen-bond donors (Lipinski definition) is 1. The summed E-state index contributed by atoms with van der Waals surface area (Å²) >= 11 is 0. The molecule has 5 rings (SSSR count). The van der Waals surface area contributed by atoms with Crippen molar-refractivity contribution in [2.45, 2.75) is 103 Å². The van der Waals surface area contributed by atoms with Gasteiger partial charge in [0.15, 0.2) is 17.5 Å². The number of carbonyl (C=O) groups is 2. The zero-order valence-electron chi connectivity index (χ0n) is 18.6. The van der Waals surface area contributed by atoms with Crippen LogP contribution in [0.2, 0.25) is 0 Å². The molecule has 2 saturated heterocycles. The number of aliphatic hydroxyl groups excluding tert-OH is 1. The quantitative estimate of drug-likeness (QED) is 0.475. The van der Waals surface area contributed by atoms with E-state index in [0.717, 1.165) is 24.0 Å². The van der Waals surface area contributed by atoms with E-state index in [2.05, 4.69) is 6.92 Å². The Morgan fingerprint density at radius 1 is 1.03 bits per heavy atom. The normalized spacial score (nSPS) is 48.7. The maximum Gasteiger partial charge on any atom is 0.509 e. The summed E-state index contributed by atoms with van der Waals surface area (Å²) in [5.74, 6) is -1.34.